The van der Waals surface area contributed by atoms with Crippen LogP contribution in [0.4, 0.5) is 0 Å². The summed E-state index contributed by atoms with van der Waals surface area (Å²) in [5.41, 5.74) is 0. The number of carboxylic acid groups (broad SMARTS) is 1. The van der Waals surface area contributed by atoms with Crippen molar-refractivity contribution in [1.29, 1.82) is 0 Å². The number of carboxylic acids is 1. The summed E-state index contributed by atoms with van der Waals surface area (Å²) < 4.78 is 6.45. The van der Waals surface area contributed by atoms with E-state index >= 15 is 0 Å². The van der Waals surface area contributed by atoms with Crippen molar-refractivity contribution in [1.82, 2.24) is 4.90 Å². The van der Waals surface area contributed by atoms with Gasteiger partial charge in [-0.3, -0.25) is 9.69 Å². The third-order valence-corrected chi connectivity index (χ3v) is 4.71. The largest absolute Gasteiger partial charge is 0.481 e. The molecule has 4 nitrogen and oxygen atoms in total. The molecule has 0 amide bonds. The van der Waals surface area contributed by atoms with Crippen molar-refractivity contribution in [2.45, 2.75) is 19.0 Å². The second kappa shape index (κ2) is 5.95. The van der Waals surface area contributed by atoms with Crippen molar-refractivity contribution in [2.75, 3.05) is 19.8 Å². The Hall–Kier alpha value is -0.430. The lowest BCUT2D eigenvalue weighted by molar-refractivity contribution is -0.140. The molecule has 0 bridgehead atoms. The number of nitrogens with zero attached hydrogens (tertiary/aromatic N) is 1. The molecular weight excluding hydrogens is 306 g/mol. The molecule has 2 rings (SSSR count). The molecule has 94 valence electrons. The Morgan fingerprint density at radius 1 is 1.71 bits per heavy atom. The van der Waals surface area contributed by atoms with E-state index in [1.807, 2.05) is 11.4 Å². The van der Waals surface area contributed by atoms with E-state index in [4.69, 9.17) is 9.84 Å². The van der Waals surface area contributed by atoms with Crippen molar-refractivity contribution in [2.24, 2.45) is 0 Å². The third-order valence-electron chi connectivity index (χ3n) is 2.80. The first kappa shape index (κ1) is 13.0. The molecule has 1 N–H and O–H groups in total. The summed E-state index contributed by atoms with van der Waals surface area (Å²) in [4.78, 5) is 14.2. The number of carbonyl (C=O) groups is 1. The summed E-state index contributed by atoms with van der Waals surface area (Å²) in [6.45, 7) is 2.77. The van der Waals surface area contributed by atoms with Crippen LogP contribution in [0.3, 0.4) is 0 Å². The first-order chi connectivity index (χ1) is 8.16. The van der Waals surface area contributed by atoms with E-state index in [1.165, 1.54) is 4.88 Å². The van der Waals surface area contributed by atoms with Crippen molar-refractivity contribution in [3.8, 4) is 0 Å². The van der Waals surface area contributed by atoms with Crippen LogP contribution >= 0.6 is 27.3 Å². The minimum absolute atomic E-state index is 0.0183. The maximum absolute atomic E-state index is 10.8. The van der Waals surface area contributed by atoms with E-state index in [0.717, 1.165) is 17.6 Å². The first-order valence-corrected chi connectivity index (χ1v) is 7.09. The van der Waals surface area contributed by atoms with Gasteiger partial charge in [-0.25, -0.2) is 0 Å². The van der Waals surface area contributed by atoms with Crippen molar-refractivity contribution < 1.29 is 14.6 Å². The van der Waals surface area contributed by atoms with Gasteiger partial charge in [-0.1, -0.05) is 0 Å². The molecule has 1 aliphatic heterocycles. The number of ether oxygens (including phenoxy) is 1. The van der Waals surface area contributed by atoms with E-state index in [2.05, 4.69) is 20.8 Å². The number of halogens is 1. The molecule has 2 heterocycles. The Kier molecular flexibility index (Phi) is 4.55. The molecule has 1 atom stereocenters. The van der Waals surface area contributed by atoms with Gasteiger partial charge in [0.05, 0.1) is 19.6 Å². The highest BCUT2D eigenvalue weighted by atomic mass is 79.9. The number of aliphatic carboxylic acids is 1. The van der Waals surface area contributed by atoms with E-state index in [1.54, 1.807) is 11.3 Å². The van der Waals surface area contributed by atoms with Gasteiger partial charge in [0.1, 0.15) is 0 Å². The summed E-state index contributed by atoms with van der Waals surface area (Å²) in [6.07, 6.45) is 0.142. The van der Waals surface area contributed by atoms with Crippen LogP contribution in [0.1, 0.15) is 11.3 Å². The van der Waals surface area contributed by atoms with Crippen LogP contribution in [0.15, 0.2) is 15.9 Å². The second-order valence-corrected chi connectivity index (χ2v) is 5.84. The molecule has 1 saturated heterocycles. The fraction of sp³-hybridized carbons (Fsp3) is 0.545. The molecule has 0 radical (unpaired) electrons. The number of morpholine rings is 1. The van der Waals surface area contributed by atoms with Gasteiger partial charge in [0, 0.05) is 28.5 Å². The monoisotopic (exact) mass is 319 g/mol. The van der Waals surface area contributed by atoms with Crippen LogP contribution in [0.5, 0.6) is 0 Å². The zero-order valence-corrected chi connectivity index (χ0v) is 11.7. The Morgan fingerprint density at radius 2 is 2.53 bits per heavy atom. The van der Waals surface area contributed by atoms with E-state index in [-0.39, 0.29) is 12.5 Å². The molecule has 1 unspecified atom stereocenters. The highest BCUT2D eigenvalue weighted by Crippen LogP contribution is 2.26. The predicted molar refractivity (Wildman–Crippen MR) is 69.3 cm³/mol. The van der Waals surface area contributed by atoms with Crippen LogP contribution in [-0.4, -0.2) is 41.8 Å². The van der Waals surface area contributed by atoms with E-state index < -0.39 is 5.97 Å². The lowest BCUT2D eigenvalue weighted by Gasteiger charge is -2.34. The normalized spacial score (nSPS) is 21.6. The van der Waals surface area contributed by atoms with Gasteiger partial charge in [-0.05, 0) is 27.4 Å². The van der Waals surface area contributed by atoms with Crippen LogP contribution in [0, 0.1) is 0 Å². The van der Waals surface area contributed by atoms with Crippen LogP contribution in [0.2, 0.25) is 0 Å². The zero-order chi connectivity index (χ0) is 12.3. The van der Waals surface area contributed by atoms with Gasteiger partial charge >= 0.3 is 5.97 Å². The second-order valence-electron chi connectivity index (χ2n) is 3.99. The van der Waals surface area contributed by atoms with Crippen molar-refractivity contribution >= 4 is 33.2 Å². The Bertz CT molecular complexity index is 396. The molecular formula is C11H14BrNO3S. The van der Waals surface area contributed by atoms with Gasteiger partial charge < -0.3 is 9.84 Å². The highest BCUT2D eigenvalue weighted by Gasteiger charge is 2.25. The predicted octanol–water partition coefficient (Wildman–Crippen LogP) is 2.19. The standard InChI is InChI=1S/C11H14BrNO3S/c12-9-1-4-17-10(9)6-13-2-3-16-7-8(13)5-11(14)15/h1,4,8H,2-3,5-7H2,(H,14,15). The quantitative estimate of drug-likeness (QED) is 0.924. The molecule has 1 fully saturated rings. The van der Waals surface area contributed by atoms with Gasteiger partial charge in [0.15, 0.2) is 0 Å². The minimum atomic E-state index is -0.768. The lowest BCUT2D eigenvalue weighted by Crippen LogP contribution is -2.45. The Morgan fingerprint density at radius 3 is 3.18 bits per heavy atom. The number of thiophene rings is 1. The molecule has 6 heteroatoms. The summed E-state index contributed by atoms with van der Waals surface area (Å²) in [5, 5.41) is 10.9. The maximum atomic E-state index is 10.8. The van der Waals surface area contributed by atoms with Gasteiger partial charge in [0.2, 0.25) is 0 Å². The number of hydrogen-bond donors (Lipinski definition) is 1. The average Bonchev–Trinajstić information content (AvgIpc) is 2.67. The molecule has 1 aromatic heterocycles. The third kappa shape index (κ3) is 3.51. The van der Waals surface area contributed by atoms with Crippen LogP contribution < -0.4 is 0 Å². The molecule has 17 heavy (non-hydrogen) atoms. The number of rotatable bonds is 4. The van der Waals surface area contributed by atoms with E-state index in [9.17, 15) is 4.79 Å². The summed E-state index contributed by atoms with van der Waals surface area (Å²) in [5.74, 6) is -0.768. The SMILES string of the molecule is O=C(O)CC1COCCN1Cc1sccc1Br. The number of hydrogen-bond acceptors (Lipinski definition) is 4. The summed E-state index contributed by atoms with van der Waals surface area (Å²) in [6, 6.07) is 2.00. The smallest absolute Gasteiger partial charge is 0.305 e. The Balaban J connectivity index is 2.01. The fourth-order valence-electron chi connectivity index (χ4n) is 1.91. The molecule has 0 aliphatic carbocycles. The molecule has 1 aliphatic rings. The van der Waals surface area contributed by atoms with Gasteiger partial charge in [0.25, 0.3) is 0 Å². The Labute approximate surface area is 112 Å². The fourth-order valence-corrected chi connectivity index (χ4v) is 3.41. The van der Waals surface area contributed by atoms with Crippen molar-refractivity contribution in [3.05, 3.63) is 20.8 Å². The molecule has 0 spiro atoms. The van der Waals surface area contributed by atoms with E-state index in [0.29, 0.717) is 13.2 Å². The minimum Gasteiger partial charge on any atom is -0.481 e. The van der Waals surface area contributed by atoms with Crippen LogP contribution in [-0.2, 0) is 16.1 Å². The maximum Gasteiger partial charge on any atom is 0.305 e. The van der Waals surface area contributed by atoms with Gasteiger partial charge in [-0.15, -0.1) is 11.3 Å². The molecule has 1 aromatic rings. The van der Waals surface area contributed by atoms with Crippen molar-refractivity contribution in [3.63, 3.8) is 0 Å². The average molecular weight is 320 g/mol. The molecule has 0 aromatic carbocycles. The summed E-state index contributed by atoms with van der Waals surface area (Å²) in [7, 11) is 0. The lowest BCUT2D eigenvalue weighted by atomic mass is 10.1. The molecule has 0 saturated carbocycles. The topological polar surface area (TPSA) is 49.8 Å². The van der Waals surface area contributed by atoms with Gasteiger partial charge in [-0.2, -0.15) is 0 Å². The highest BCUT2D eigenvalue weighted by molar-refractivity contribution is 9.10. The summed E-state index contributed by atoms with van der Waals surface area (Å²) >= 11 is 5.19. The van der Waals surface area contributed by atoms with Crippen LogP contribution in [0.25, 0.3) is 0 Å². The first-order valence-electron chi connectivity index (χ1n) is 5.42. The zero-order valence-electron chi connectivity index (χ0n) is 9.26.